The third kappa shape index (κ3) is 2.53. The SMILES string of the molecule is [B][P+]1(O)OCC2OC(N3CNc4c(N)nc(Cl)nc43)C(O)[C@@H]2O1. The van der Waals surface area contributed by atoms with E-state index in [1.165, 1.54) is 0 Å². The Morgan fingerprint density at radius 2 is 2.26 bits per heavy atom. The van der Waals surface area contributed by atoms with Gasteiger partial charge in [-0.1, -0.05) is 0 Å². The van der Waals surface area contributed by atoms with E-state index in [1.807, 2.05) is 0 Å². The van der Waals surface area contributed by atoms with Crippen molar-refractivity contribution < 1.29 is 23.8 Å². The van der Waals surface area contributed by atoms with Crippen molar-refractivity contribution in [2.24, 2.45) is 0 Å². The number of ether oxygens (including phenoxy) is 1. The molecule has 5 atom stereocenters. The number of hydrogen-bond donors (Lipinski definition) is 4. The van der Waals surface area contributed by atoms with Crippen molar-refractivity contribution in [3.8, 4) is 0 Å². The quantitative estimate of drug-likeness (QED) is 0.287. The number of anilines is 3. The highest BCUT2D eigenvalue weighted by Gasteiger charge is 2.58. The first-order chi connectivity index (χ1) is 10.9. The third-order valence-electron chi connectivity index (χ3n) is 3.90. The fourth-order valence-corrected chi connectivity index (χ4v) is 4.09. The summed E-state index contributed by atoms with van der Waals surface area (Å²) in [5.41, 5.74) is 6.32. The number of aliphatic hydroxyl groups is 1. The van der Waals surface area contributed by atoms with Crippen LogP contribution in [0, 0.1) is 0 Å². The Hall–Kier alpha value is -0.935. The second-order valence-electron chi connectivity index (χ2n) is 5.37. The topological polar surface area (TPSA) is 135 Å². The smallest absolute Gasteiger partial charge is 0.385 e. The first-order valence-electron chi connectivity index (χ1n) is 6.76. The fraction of sp³-hybridized carbons (Fsp3) is 0.600. The zero-order chi connectivity index (χ0) is 16.4. The lowest BCUT2D eigenvalue weighted by atomic mass is 10.1. The fourth-order valence-electron chi connectivity index (χ4n) is 2.89. The van der Waals surface area contributed by atoms with Gasteiger partial charge in [0.15, 0.2) is 24.0 Å². The van der Waals surface area contributed by atoms with Gasteiger partial charge in [0.1, 0.15) is 24.5 Å². The summed E-state index contributed by atoms with van der Waals surface area (Å²) in [6, 6.07) is 0. The second kappa shape index (κ2) is 5.28. The molecule has 1 aromatic heterocycles. The van der Waals surface area contributed by atoms with Crippen LogP contribution in [0.1, 0.15) is 0 Å². The molecule has 1 aromatic rings. The van der Waals surface area contributed by atoms with Crippen molar-refractivity contribution in [3.63, 3.8) is 0 Å². The predicted molar refractivity (Wildman–Crippen MR) is 82.8 cm³/mol. The molecule has 13 heteroatoms. The van der Waals surface area contributed by atoms with E-state index in [4.69, 9.17) is 38.7 Å². The Bertz CT molecular complexity index is 656. The number of nitrogens with one attached hydrogen (secondary N) is 1. The molecule has 0 saturated carbocycles. The number of nitrogens with two attached hydrogens (primary N) is 1. The van der Waals surface area contributed by atoms with Crippen molar-refractivity contribution in [1.82, 2.24) is 9.97 Å². The number of hydrogen-bond acceptors (Lipinski definition) is 10. The van der Waals surface area contributed by atoms with Gasteiger partial charge in [-0.2, -0.15) is 19.0 Å². The van der Waals surface area contributed by atoms with Gasteiger partial charge in [-0.15, -0.1) is 0 Å². The van der Waals surface area contributed by atoms with Crippen molar-refractivity contribution in [3.05, 3.63) is 5.28 Å². The molecule has 0 bridgehead atoms. The maximum absolute atomic E-state index is 10.5. The monoisotopic (exact) mass is 360 g/mol. The second-order valence-corrected chi connectivity index (χ2v) is 7.30. The van der Waals surface area contributed by atoms with Gasteiger partial charge in [0.25, 0.3) is 0 Å². The molecule has 10 nitrogen and oxygen atoms in total. The maximum atomic E-state index is 10.5. The molecule has 4 rings (SSSR count). The van der Waals surface area contributed by atoms with Crippen molar-refractivity contribution >= 4 is 44.3 Å². The van der Waals surface area contributed by atoms with Gasteiger partial charge in [0, 0.05) is 0 Å². The molecule has 4 unspecified atom stereocenters. The molecule has 5 N–H and O–H groups in total. The van der Waals surface area contributed by atoms with E-state index < -0.39 is 32.4 Å². The lowest BCUT2D eigenvalue weighted by Crippen LogP contribution is -2.45. The number of halogens is 1. The van der Waals surface area contributed by atoms with Crippen LogP contribution in [0.15, 0.2) is 0 Å². The molecule has 0 aliphatic carbocycles. The van der Waals surface area contributed by atoms with Crippen LogP contribution in [0.3, 0.4) is 0 Å². The van der Waals surface area contributed by atoms with Gasteiger partial charge in [0.05, 0.1) is 6.67 Å². The molecular formula is C10H13BClN5O5P+. The van der Waals surface area contributed by atoms with E-state index in [9.17, 15) is 10.00 Å². The molecule has 122 valence electrons. The van der Waals surface area contributed by atoms with E-state index in [2.05, 4.69) is 15.3 Å². The molecule has 23 heavy (non-hydrogen) atoms. The van der Waals surface area contributed by atoms with Crippen molar-refractivity contribution in [1.29, 1.82) is 0 Å². The Labute approximate surface area is 137 Å². The minimum absolute atomic E-state index is 0.0123. The molecule has 4 heterocycles. The molecule has 0 aromatic carbocycles. The van der Waals surface area contributed by atoms with Gasteiger partial charge in [-0.3, -0.25) is 0 Å². The van der Waals surface area contributed by atoms with Crippen LogP contribution in [0.2, 0.25) is 5.28 Å². The molecular weight excluding hydrogens is 347 g/mol. The summed E-state index contributed by atoms with van der Waals surface area (Å²) in [4.78, 5) is 19.4. The van der Waals surface area contributed by atoms with Gasteiger partial charge in [0.2, 0.25) is 5.28 Å². The van der Waals surface area contributed by atoms with Crippen molar-refractivity contribution in [2.45, 2.75) is 24.5 Å². The van der Waals surface area contributed by atoms with Crippen molar-refractivity contribution in [2.75, 3.05) is 29.2 Å². The summed E-state index contributed by atoms with van der Waals surface area (Å²) in [7, 11) is 2.06. The lowest BCUT2D eigenvalue weighted by Gasteiger charge is -2.28. The van der Waals surface area contributed by atoms with Gasteiger partial charge >= 0.3 is 15.4 Å². The summed E-state index contributed by atoms with van der Waals surface area (Å²) in [6.07, 6.45) is -3.21. The average Bonchev–Trinajstić information content (AvgIpc) is 3.00. The van der Waals surface area contributed by atoms with E-state index in [-0.39, 0.29) is 17.7 Å². The maximum Gasteiger partial charge on any atom is 0.488 e. The van der Waals surface area contributed by atoms with Crippen LogP contribution in [0.4, 0.5) is 17.3 Å². The Morgan fingerprint density at radius 3 is 3.04 bits per heavy atom. The Kier molecular flexibility index (Phi) is 3.58. The average molecular weight is 360 g/mol. The molecule has 2 fully saturated rings. The van der Waals surface area contributed by atoms with Crippen LogP contribution in [-0.2, 0) is 13.8 Å². The third-order valence-corrected chi connectivity index (χ3v) is 5.14. The van der Waals surface area contributed by atoms with Crippen LogP contribution in [0.25, 0.3) is 0 Å². The normalized spacial score (nSPS) is 39.0. The lowest BCUT2D eigenvalue weighted by molar-refractivity contribution is -0.0440. The highest BCUT2D eigenvalue weighted by Crippen LogP contribution is 2.58. The predicted octanol–water partition coefficient (Wildman–Crippen LogP) is -0.759. The largest absolute Gasteiger partial charge is 0.488 e. The van der Waals surface area contributed by atoms with E-state index in [0.717, 1.165) is 0 Å². The number of aromatic nitrogens is 2. The van der Waals surface area contributed by atoms with Gasteiger partial charge < -0.3 is 25.8 Å². The number of fused-ring (bicyclic) bond motifs is 2. The summed E-state index contributed by atoms with van der Waals surface area (Å²) < 4.78 is 16.1. The first kappa shape index (κ1) is 15.6. The van der Waals surface area contributed by atoms with Gasteiger partial charge in [-0.05, 0) is 11.6 Å². The van der Waals surface area contributed by atoms with Crippen LogP contribution < -0.4 is 16.0 Å². The Balaban J connectivity index is 1.62. The molecule has 3 aliphatic rings. The summed E-state index contributed by atoms with van der Waals surface area (Å²) >= 11 is 5.85. The molecule has 0 amide bonds. The highest BCUT2D eigenvalue weighted by atomic mass is 35.5. The Morgan fingerprint density at radius 1 is 1.48 bits per heavy atom. The number of rotatable bonds is 1. The molecule has 3 aliphatic heterocycles. The van der Waals surface area contributed by atoms with Gasteiger partial charge in [-0.25, -0.2) is 4.89 Å². The van der Waals surface area contributed by atoms with E-state index >= 15 is 0 Å². The summed E-state index contributed by atoms with van der Waals surface area (Å²) in [5.74, 6) is 0.623. The summed E-state index contributed by atoms with van der Waals surface area (Å²) in [5, 5.41) is 13.5. The zero-order valence-corrected chi connectivity index (χ0v) is 13.3. The standard InChI is InChI=1S/C10H13BClN5O5P/c11-23(19)20-1-3-6(22-23)5(18)9(21-3)17-2-14-4-7(13)15-10(12)16-8(4)17/h3,5-6,9,14,18-19H,1-2H2,(H2,13,15,16)/q+1/t3?,5?,6-,9?,23?/m1/s1. The zero-order valence-electron chi connectivity index (χ0n) is 11.7. The van der Waals surface area contributed by atoms with Crippen LogP contribution in [-0.4, -0.2) is 65.3 Å². The van der Waals surface area contributed by atoms with Crippen LogP contribution in [0.5, 0.6) is 0 Å². The van der Waals surface area contributed by atoms with E-state index in [0.29, 0.717) is 18.2 Å². The molecule has 0 spiro atoms. The number of nitrogens with zero attached hydrogens (tertiary/aromatic N) is 3. The minimum atomic E-state index is -3.42. The first-order valence-corrected chi connectivity index (χ1v) is 8.78. The number of aliphatic hydroxyl groups excluding tert-OH is 1. The number of nitrogen functional groups attached to an aromatic ring is 1. The molecule has 2 radical (unpaired) electrons. The molecule has 2 saturated heterocycles. The van der Waals surface area contributed by atoms with Crippen LogP contribution >= 0.6 is 19.4 Å². The highest BCUT2D eigenvalue weighted by molar-refractivity contribution is 7.85. The minimum Gasteiger partial charge on any atom is -0.385 e. The van der Waals surface area contributed by atoms with E-state index in [1.54, 1.807) is 4.90 Å². The summed E-state index contributed by atoms with van der Waals surface area (Å²) in [6.45, 7) is 0.318.